The van der Waals surface area contributed by atoms with Crippen LogP contribution in [0.5, 0.6) is 0 Å². The molecule has 0 aliphatic carbocycles. The first-order chi connectivity index (χ1) is 17.6. The van der Waals surface area contributed by atoms with Gasteiger partial charge in [0.25, 0.3) is 0 Å². The molecular formula is C25H19FN10. The summed E-state index contributed by atoms with van der Waals surface area (Å²) >= 11 is 0. The summed E-state index contributed by atoms with van der Waals surface area (Å²) < 4.78 is 13.9. The number of halogens is 1. The number of pyridine rings is 2. The minimum Gasteiger partial charge on any atom is -0.352 e. The van der Waals surface area contributed by atoms with Crippen LogP contribution < -0.4 is 10.6 Å². The average molecular weight is 478 g/mol. The summed E-state index contributed by atoms with van der Waals surface area (Å²) in [6.45, 7) is 1.52. The van der Waals surface area contributed by atoms with Gasteiger partial charge in [-0.15, -0.1) is 0 Å². The number of aromatic amines is 2. The number of rotatable bonds is 4. The number of hydrogen-bond donors (Lipinski definition) is 3. The standard InChI is InChI=1S/C25H19FN10/c26-14-3-1-2-13(6-14)16-7-28-9-20-22(16)33-25(32-20)24-23-18(34-35-24)5-4-17(31-23)19-8-29-10-21(30-19)36-11-15(27)12-36/h1-10,15H,11-12,27H2,(H,32,33)(H,34,35). The third kappa shape index (κ3) is 3.36. The first kappa shape index (κ1) is 20.6. The van der Waals surface area contributed by atoms with E-state index in [1.165, 1.54) is 12.1 Å². The second-order valence-corrected chi connectivity index (χ2v) is 8.77. The van der Waals surface area contributed by atoms with Gasteiger partial charge in [0, 0.05) is 30.9 Å². The van der Waals surface area contributed by atoms with Crippen molar-refractivity contribution in [3.63, 3.8) is 0 Å². The van der Waals surface area contributed by atoms with E-state index in [1.807, 2.05) is 18.2 Å². The highest BCUT2D eigenvalue weighted by Gasteiger charge is 2.25. The molecule has 10 nitrogen and oxygen atoms in total. The van der Waals surface area contributed by atoms with E-state index in [0.717, 1.165) is 30.0 Å². The molecule has 1 aliphatic rings. The lowest BCUT2D eigenvalue weighted by molar-refractivity contribution is 0.514. The summed E-state index contributed by atoms with van der Waals surface area (Å²) in [5.41, 5.74) is 12.0. The van der Waals surface area contributed by atoms with Crippen LogP contribution in [-0.4, -0.2) is 59.2 Å². The van der Waals surface area contributed by atoms with E-state index in [4.69, 9.17) is 20.7 Å². The maximum Gasteiger partial charge on any atom is 0.161 e. The Kier molecular flexibility index (Phi) is 4.51. The maximum absolute atomic E-state index is 13.9. The molecule has 0 saturated carbocycles. The number of nitrogens with zero attached hydrogens (tertiary/aromatic N) is 7. The molecule has 11 heteroatoms. The summed E-state index contributed by atoms with van der Waals surface area (Å²) in [4.78, 5) is 28.4. The fourth-order valence-electron chi connectivity index (χ4n) is 4.45. The SMILES string of the molecule is NC1CN(c2cncc(-c3ccc4[nH]nc(-c5nc6c(-c7cccc(F)c7)cncc6[nH]5)c4n3)n2)C1. The third-order valence-electron chi connectivity index (χ3n) is 6.28. The number of nitrogens with one attached hydrogen (secondary N) is 2. The van der Waals surface area contributed by atoms with Crippen molar-refractivity contribution >= 4 is 27.9 Å². The third-order valence-corrected chi connectivity index (χ3v) is 6.28. The highest BCUT2D eigenvalue weighted by Crippen LogP contribution is 2.31. The molecule has 4 N–H and O–H groups in total. The predicted octanol–water partition coefficient (Wildman–Crippen LogP) is 3.31. The number of hydrogen-bond acceptors (Lipinski definition) is 8. The van der Waals surface area contributed by atoms with Crippen LogP contribution >= 0.6 is 0 Å². The molecule has 1 aliphatic heterocycles. The van der Waals surface area contributed by atoms with Crippen LogP contribution in [-0.2, 0) is 0 Å². The molecule has 0 amide bonds. The predicted molar refractivity (Wildman–Crippen MR) is 133 cm³/mol. The van der Waals surface area contributed by atoms with Crippen molar-refractivity contribution in [2.24, 2.45) is 5.73 Å². The zero-order chi connectivity index (χ0) is 24.2. The first-order valence-corrected chi connectivity index (χ1v) is 11.4. The van der Waals surface area contributed by atoms with Gasteiger partial charge in [-0.1, -0.05) is 12.1 Å². The molecule has 6 aromatic rings. The fraction of sp³-hybridized carbons (Fsp3) is 0.120. The lowest BCUT2D eigenvalue weighted by Crippen LogP contribution is -2.56. The molecule has 1 aromatic carbocycles. The number of aromatic nitrogens is 8. The quantitative estimate of drug-likeness (QED) is 0.351. The van der Waals surface area contributed by atoms with Gasteiger partial charge in [-0.05, 0) is 29.8 Å². The smallest absolute Gasteiger partial charge is 0.161 e. The number of imidazole rings is 1. The minimum atomic E-state index is -0.320. The van der Waals surface area contributed by atoms with E-state index < -0.39 is 0 Å². The van der Waals surface area contributed by atoms with E-state index in [-0.39, 0.29) is 11.9 Å². The largest absolute Gasteiger partial charge is 0.352 e. The van der Waals surface area contributed by atoms with E-state index in [1.54, 1.807) is 30.9 Å². The number of benzene rings is 1. The van der Waals surface area contributed by atoms with Gasteiger partial charge in [-0.3, -0.25) is 15.1 Å². The van der Waals surface area contributed by atoms with E-state index in [2.05, 4.69) is 30.0 Å². The van der Waals surface area contributed by atoms with Gasteiger partial charge in [-0.25, -0.2) is 19.3 Å². The summed E-state index contributed by atoms with van der Waals surface area (Å²) in [5.74, 6) is 0.985. The van der Waals surface area contributed by atoms with E-state index in [9.17, 15) is 4.39 Å². The zero-order valence-electron chi connectivity index (χ0n) is 18.9. The Balaban J connectivity index is 1.31. The van der Waals surface area contributed by atoms with Crippen molar-refractivity contribution in [2.45, 2.75) is 6.04 Å². The van der Waals surface area contributed by atoms with Gasteiger partial charge in [0.05, 0.1) is 40.8 Å². The van der Waals surface area contributed by atoms with Crippen LogP contribution in [0.1, 0.15) is 0 Å². The number of nitrogens with two attached hydrogens (primary N) is 1. The Labute approximate surface area is 203 Å². The fourth-order valence-corrected chi connectivity index (χ4v) is 4.45. The van der Waals surface area contributed by atoms with Crippen LogP contribution in [0.3, 0.4) is 0 Å². The van der Waals surface area contributed by atoms with Gasteiger partial charge in [0.1, 0.15) is 22.8 Å². The number of H-pyrrole nitrogens is 2. The van der Waals surface area contributed by atoms with Crippen molar-refractivity contribution in [1.29, 1.82) is 0 Å². The molecule has 36 heavy (non-hydrogen) atoms. The molecule has 0 unspecified atom stereocenters. The van der Waals surface area contributed by atoms with Crippen molar-refractivity contribution in [3.8, 4) is 34.0 Å². The molecule has 1 fully saturated rings. The highest BCUT2D eigenvalue weighted by molar-refractivity contribution is 5.95. The van der Waals surface area contributed by atoms with Gasteiger partial charge < -0.3 is 15.6 Å². The topological polar surface area (TPSA) is 138 Å². The number of anilines is 1. The lowest BCUT2D eigenvalue weighted by atomic mass is 10.1. The van der Waals surface area contributed by atoms with Crippen LogP contribution in [0.2, 0.25) is 0 Å². The number of fused-ring (bicyclic) bond motifs is 2. The Hall–Kier alpha value is -4.77. The van der Waals surface area contributed by atoms with Crippen molar-refractivity contribution in [3.05, 3.63) is 67.0 Å². The van der Waals surface area contributed by atoms with Gasteiger partial charge >= 0.3 is 0 Å². The summed E-state index contributed by atoms with van der Waals surface area (Å²) in [5, 5.41) is 7.49. The Morgan fingerprint density at radius 2 is 1.78 bits per heavy atom. The molecule has 5 aromatic heterocycles. The van der Waals surface area contributed by atoms with Gasteiger partial charge in [0.2, 0.25) is 0 Å². The van der Waals surface area contributed by atoms with Crippen LogP contribution in [0, 0.1) is 5.82 Å². The Morgan fingerprint density at radius 3 is 2.64 bits per heavy atom. The summed E-state index contributed by atoms with van der Waals surface area (Å²) in [6, 6.07) is 10.3. The zero-order valence-corrected chi connectivity index (χ0v) is 18.9. The maximum atomic E-state index is 13.9. The monoisotopic (exact) mass is 478 g/mol. The second kappa shape index (κ2) is 7.89. The first-order valence-electron chi connectivity index (χ1n) is 11.4. The Bertz CT molecular complexity index is 1750. The van der Waals surface area contributed by atoms with Gasteiger partial charge in [0.15, 0.2) is 11.5 Å². The summed E-state index contributed by atoms with van der Waals surface area (Å²) in [6.07, 6.45) is 6.79. The van der Waals surface area contributed by atoms with E-state index >= 15 is 0 Å². The Morgan fingerprint density at radius 1 is 0.889 bits per heavy atom. The van der Waals surface area contributed by atoms with Crippen LogP contribution in [0.15, 0.2) is 61.2 Å². The lowest BCUT2D eigenvalue weighted by Gasteiger charge is -2.37. The second-order valence-electron chi connectivity index (χ2n) is 8.77. The molecule has 7 rings (SSSR count). The highest BCUT2D eigenvalue weighted by atomic mass is 19.1. The molecule has 6 heterocycles. The van der Waals surface area contributed by atoms with Crippen molar-refractivity contribution in [1.82, 2.24) is 40.1 Å². The van der Waals surface area contributed by atoms with E-state index in [0.29, 0.717) is 45.0 Å². The molecular weight excluding hydrogens is 459 g/mol. The summed E-state index contributed by atoms with van der Waals surface area (Å²) in [7, 11) is 0. The molecule has 0 spiro atoms. The molecule has 1 saturated heterocycles. The van der Waals surface area contributed by atoms with Crippen molar-refractivity contribution in [2.75, 3.05) is 18.0 Å². The van der Waals surface area contributed by atoms with Crippen LogP contribution in [0.4, 0.5) is 10.2 Å². The average Bonchev–Trinajstić information content (AvgIpc) is 3.50. The minimum absolute atomic E-state index is 0.166. The molecule has 0 radical (unpaired) electrons. The molecule has 0 bridgehead atoms. The van der Waals surface area contributed by atoms with Crippen molar-refractivity contribution < 1.29 is 4.39 Å². The van der Waals surface area contributed by atoms with Crippen LogP contribution in [0.25, 0.3) is 56.1 Å². The molecule has 0 atom stereocenters. The molecule has 176 valence electrons. The normalized spacial score (nSPS) is 14.0. The van der Waals surface area contributed by atoms with Gasteiger partial charge in [-0.2, -0.15) is 5.10 Å².